The molecule has 128 valence electrons. The van der Waals surface area contributed by atoms with Crippen molar-refractivity contribution >= 4 is 17.5 Å². The zero-order valence-corrected chi connectivity index (χ0v) is 14.2. The van der Waals surface area contributed by atoms with Gasteiger partial charge in [0.15, 0.2) is 0 Å². The van der Waals surface area contributed by atoms with Crippen LogP contribution in [0.3, 0.4) is 0 Å². The Balaban J connectivity index is 1.88. The summed E-state index contributed by atoms with van der Waals surface area (Å²) in [6.45, 7) is 1.20. The molecule has 0 spiro atoms. The van der Waals surface area contributed by atoms with Gasteiger partial charge in [-0.3, -0.25) is 9.69 Å². The fourth-order valence-corrected chi connectivity index (χ4v) is 2.54. The van der Waals surface area contributed by atoms with Crippen molar-refractivity contribution in [1.82, 2.24) is 4.90 Å². The van der Waals surface area contributed by atoms with Crippen molar-refractivity contribution in [3.63, 3.8) is 0 Å². The average Bonchev–Trinajstić information content (AvgIpc) is 2.53. The average molecular weight is 349 g/mol. The van der Waals surface area contributed by atoms with Crippen LogP contribution in [0.25, 0.3) is 0 Å². The number of ether oxygens (including phenoxy) is 1. The van der Waals surface area contributed by atoms with E-state index in [9.17, 15) is 9.90 Å². The minimum atomic E-state index is -0.710. The maximum absolute atomic E-state index is 11.4. The van der Waals surface area contributed by atoms with Crippen molar-refractivity contribution < 1.29 is 14.6 Å². The SMILES string of the molecule is CN(Cc1ccccc1)CC(O)COc1cc(Cl)ccc1C(N)=O. The molecule has 1 unspecified atom stereocenters. The van der Waals surface area contributed by atoms with Gasteiger partial charge in [0.05, 0.1) is 5.56 Å². The van der Waals surface area contributed by atoms with Gasteiger partial charge in [-0.15, -0.1) is 0 Å². The number of carbonyl (C=O) groups excluding carboxylic acids is 1. The molecule has 2 rings (SSSR count). The third-order valence-electron chi connectivity index (χ3n) is 3.46. The van der Waals surface area contributed by atoms with Crippen LogP contribution in [0.2, 0.25) is 5.02 Å². The second-order valence-electron chi connectivity index (χ2n) is 5.65. The van der Waals surface area contributed by atoms with Crippen LogP contribution in [-0.4, -0.2) is 42.2 Å². The Morgan fingerprint density at radius 2 is 2.00 bits per heavy atom. The Labute approximate surface area is 146 Å². The van der Waals surface area contributed by atoms with Crippen molar-refractivity contribution in [1.29, 1.82) is 0 Å². The lowest BCUT2D eigenvalue weighted by Gasteiger charge is -2.21. The van der Waals surface area contributed by atoms with E-state index in [2.05, 4.69) is 0 Å². The molecular formula is C18H21ClN2O3. The van der Waals surface area contributed by atoms with Crippen LogP contribution in [0.1, 0.15) is 15.9 Å². The predicted molar refractivity (Wildman–Crippen MR) is 94.2 cm³/mol. The summed E-state index contributed by atoms with van der Waals surface area (Å²) in [5.74, 6) is -0.322. The highest BCUT2D eigenvalue weighted by Crippen LogP contribution is 2.23. The molecule has 0 radical (unpaired) electrons. The number of aliphatic hydroxyl groups excluding tert-OH is 1. The molecule has 0 aliphatic heterocycles. The molecule has 0 heterocycles. The number of aliphatic hydroxyl groups is 1. The maximum Gasteiger partial charge on any atom is 0.252 e. The number of amides is 1. The Bertz CT molecular complexity index is 679. The van der Waals surface area contributed by atoms with Crippen LogP contribution < -0.4 is 10.5 Å². The van der Waals surface area contributed by atoms with Gasteiger partial charge >= 0.3 is 0 Å². The summed E-state index contributed by atoms with van der Waals surface area (Å²) >= 11 is 5.91. The van der Waals surface area contributed by atoms with Crippen molar-refractivity contribution in [2.24, 2.45) is 5.73 Å². The molecule has 0 aliphatic carbocycles. The van der Waals surface area contributed by atoms with Gasteiger partial charge in [-0.25, -0.2) is 0 Å². The Morgan fingerprint density at radius 1 is 1.29 bits per heavy atom. The summed E-state index contributed by atoms with van der Waals surface area (Å²) in [4.78, 5) is 13.4. The van der Waals surface area contributed by atoms with Gasteiger partial charge in [0.2, 0.25) is 0 Å². The summed E-state index contributed by atoms with van der Waals surface area (Å²) in [6.07, 6.45) is -0.710. The fraction of sp³-hybridized carbons (Fsp3) is 0.278. The summed E-state index contributed by atoms with van der Waals surface area (Å²) in [5, 5.41) is 10.6. The molecule has 0 aliphatic rings. The van der Waals surface area contributed by atoms with Crippen LogP contribution in [0, 0.1) is 0 Å². The van der Waals surface area contributed by atoms with Crippen LogP contribution in [0.4, 0.5) is 0 Å². The summed E-state index contributed by atoms with van der Waals surface area (Å²) < 4.78 is 5.53. The number of likely N-dealkylation sites (N-methyl/N-ethyl adjacent to an activating group) is 1. The van der Waals surface area contributed by atoms with E-state index in [1.807, 2.05) is 42.3 Å². The minimum Gasteiger partial charge on any atom is -0.490 e. The van der Waals surface area contributed by atoms with E-state index in [1.165, 1.54) is 17.7 Å². The van der Waals surface area contributed by atoms with Crippen molar-refractivity contribution in [2.75, 3.05) is 20.2 Å². The van der Waals surface area contributed by atoms with E-state index < -0.39 is 12.0 Å². The number of hydrogen-bond acceptors (Lipinski definition) is 4. The highest BCUT2D eigenvalue weighted by molar-refractivity contribution is 6.30. The van der Waals surface area contributed by atoms with Gasteiger partial charge in [0, 0.05) is 18.1 Å². The van der Waals surface area contributed by atoms with Crippen molar-refractivity contribution in [2.45, 2.75) is 12.6 Å². The highest BCUT2D eigenvalue weighted by atomic mass is 35.5. The second kappa shape index (κ2) is 8.68. The highest BCUT2D eigenvalue weighted by Gasteiger charge is 2.14. The lowest BCUT2D eigenvalue weighted by molar-refractivity contribution is 0.0733. The van der Waals surface area contributed by atoms with Gasteiger partial charge in [-0.2, -0.15) is 0 Å². The van der Waals surface area contributed by atoms with E-state index in [0.717, 1.165) is 6.54 Å². The molecule has 1 atom stereocenters. The Hall–Kier alpha value is -2.08. The first kappa shape index (κ1) is 18.3. The van der Waals surface area contributed by atoms with E-state index in [4.69, 9.17) is 22.1 Å². The molecule has 3 N–H and O–H groups in total. The zero-order chi connectivity index (χ0) is 17.5. The van der Waals surface area contributed by atoms with Crippen LogP contribution in [0.15, 0.2) is 48.5 Å². The topological polar surface area (TPSA) is 75.8 Å². The lowest BCUT2D eigenvalue weighted by atomic mass is 10.2. The first-order chi connectivity index (χ1) is 11.5. The molecule has 0 fully saturated rings. The number of rotatable bonds is 8. The molecule has 0 aromatic heterocycles. The van der Waals surface area contributed by atoms with Crippen molar-refractivity contribution in [3.05, 3.63) is 64.7 Å². The first-order valence-corrected chi connectivity index (χ1v) is 7.96. The number of nitrogens with two attached hydrogens (primary N) is 1. The molecule has 0 saturated heterocycles. The van der Waals surface area contributed by atoms with E-state index in [0.29, 0.717) is 11.6 Å². The van der Waals surface area contributed by atoms with Gasteiger partial charge in [-0.1, -0.05) is 41.9 Å². The third kappa shape index (κ3) is 5.53. The molecule has 24 heavy (non-hydrogen) atoms. The van der Waals surface area contributed by atoms with Gasteiger partial charge < -0.3 is 15.6 Å². The molecule has 0 saturated carbocycles. The summed E-state index contributed by atoms with van der Waals surface area (Å²) in [6, 6.07) is 14.6. The van der Waals surface area contributed by atoms with Gasteiger partial charge in [0.1, 0.15) is 18.5 Å². The third-order valence-corrected chi connectivity index (χ3v) is 3.69. The standard InChI is InChI=1S/C18H21ClN2O3/c1-21(10-13-5-3-2-4-6-13)11-15(22)12-24-17-9-14(19)7-8-16(17)18(20)23/h2-9,15,22H,10-12H2,1H3,(H2,20,23). The molecule has 2 aromatic rings. The largest absolute Gasteiger partial charge is 0.490 e. The quantitative estimate of drug-likeness (QED) is 0.767. The number of primary amides is 1. The van der Waals surface area contributed by atoms with Crippen LogP contribution >= 0.6 is 11.6 Å². The molecule has 6 heteroatoms. The summed E-state index contributed by atoms with van der Waals surface area (Å²) in [5.41, 5.74) is 6.71. The van der Waals surface area contributed by atoms with E-state index >= 15 is 0 Å². The monoisotopic (exact) mass is 348 g/mol. The van der Waals surface area contributed by atoms with Crippen molar-refractivity contribution in [3.8, 4) is 5.75 Å². The van der Waals surface area contributed by atoms with Crippen LogP contribution in [0.5, 0.6) is 5.75 Å². The van der Waals surface area contributed by atoms with E-state index in [1.54, 1.807) is 6.07 Å². The molecule has 2 aromatic carbocycles. The minimum absolute atomic E-state index is 0.0414. The molecule has 1 amide bonds. The molecular weight excluding hydrogens is 328 g/mol. The lowest BCUT2D eigenvalue weighted by Crippen LogP contribution is -2.33. The Morgan fingerprint density at radius 3 is 2.67 bits per heavy atom. The summed E-state index contributed by atoms with van der Waals surface area (Å²) in [7, 11) is 1.92. The second-order valence-corrected chi connectivity index (χ2v) is 6.09. The number of hydrogen-bond donors (Lipinski definition) is 2. The number of halogens is 1. The number of carbonyl (C=O) groups is 1. The van der Waals surface area contributed by atoms with Gasteiger partial charge in [-0.05, 0) is 30.8 Å². The van der Waals surface area contributed by atoms with Crippen LogP contribution in [-0.2, 0) is 6.54 Å². The smallest absolute Gasteiger partial charge is 0.252 e. The van der Waals surface area contributed by atoms with Gasteiger partial charge in [0.25, 0.3) is 5.91 Å². The van der Waals surface area contributed by atoms with E-state index in [-0.39, 0.29) is 17.9 Å². The molecule has 0 bridgehead atoms. The maximum atomic E-state index is 11.4. The zero-order valence-electron chi connectivity index (χ0n) is 13.5. The number of nitrogens with zero attached hydrogens (tertiary/aromatic N) is 1. The molecule has 5 nitrogen and oxygen atoms in total. The normalized spacial score (nSPS) is 12.2. The Kier molecular flexibility index (Phi) is 6.61. The number of benzene rings is 2. The first-order valence-electron chi connectivity index (χ1n) is 7.58. The fourth-order valence-electron chi connectivity index (χ4n) is 2.38. The predicted octanol–water partition coefficient (Wildman–Crippen LogP) is 2.31.